The lowest BCUT2D eigenvalue weighted by molar-refractivity contribution is 0.168. The van der Waals surface area contributed by atoms with E-state index in [1.54, 1.807) is 0 Å². The summed E-state index contributed by atoms with van der Waals surface area (Å²) in [5.41, 5.74) is 0. The Kier molecular flexibility index (Phi) is 3.80. The molecule has 0 unspecified atom stereocenters. The molecule has 2 saturated carbocycles. The normalized spacial score (nSPS) is 35.8. The maximum Gasteiger partial charge on any atom is 0.115 e. The fourth-order valence-corrected chi connectivity index (χ4v) is 2.85. The van der Waals surface area contributed by atoms with Gasteiger partial charge in [-0.1, -0.05) is 32.1 Å². The van der Waals surface area contributed by atoms with Gasteiger partial charge in [-0.05, 0) is 25.7 Å². The predicted molar refractivity (Wildman–Crippen MR) is 57.2 cm³/mol. The maximum atomic E-state index is 13.5. The average molecular weight is 199 g/mol. The van der Waals surface area contributed by atoms with Gasteiger partial charge in [0.05, 0.1) is 0 Å². The third kappa shape index (κ3) is 2.69. The first-order valence-electron chi connectivity index (χ1n) is 6.26. The molecule has 82 valence electrons. The molecule has 2 heteroatoms. The van der Waals surface area contributed by atoms with E-state index in [9.17, 15) is 4.39 Å². The highest BCUT2D eigenvalue weighted by atomic mass is 19.1. The van der Waals surface area contributed by atoms with Crippen molar-refractivity contribution in [1.29, 1.82) is 0 Å². The van der Waals surface area contributed by atoms with Gasteiger partial charge in [-0.3, -0.25) is 0 Å². The van der Waals surface area contributed by atoms with Crippen molar-refractivity contribution in [2.24, 2.45) is 0 Å². The largest absolute Gasteiger partial charge is 0.308 e. The zero-order valence-corrected chi connectivity index (χ0v) is 8.97. The highest BCUT2D eigenvalue weighted by Gasteiger charge is 2.27. The van der Waals surface area contributed by atoms with Crippen LogP contribution in [0, 0.1) is 0 Å². The van der Waals surface area contributed by atoms with Crippen molar-refractivity contribution >= 4 is 0 Å². The summed E-state index contributed by atoms with van der Waals surface area (Å²) in [5.74, 6) is 0. The highest BCUT2D eigenvalue weighted by molar-refractivity contribution is 4.84. The van der Waals surface area contributed by atoms with E-state index in [1.165, 1.54) is 38.5 Å². The Morgan fingerprint density at radius 2 is 1.43 bits per heavy atom. The molecule has 0 aromatic rings. The molecule has 0 heterocycles. The molecule has 0 spiro atoms. The topological polar surface area (TPSA) is 12.0 Å². The minimum Gasteiger partial charge on any atom is -0.308 e. The van der Waals surface area contributed by atoms with Gasteiger partial charge in [-0.25, -0.2) is 4.39 Å². The van der Waals surface area contributed by atoms with E-state index in [2.05, 4.69) is 5.32 Å². The molecule has 0 aliphatic heterocycles. The third-order valence-corrected chi connectivity index (χ3v) is 3.74. The van der Waals surface area contributed by atoms with Gasteiger partial charge in [0.1, 0.15) is 6.17 Å². The molecule has 1 nitrogen and oxygen atoms in total. The quantitative estimate of drug-likeness (QED) is 0.720. The zero-order chi connectivity index (χ0) is 9.80. The summed E-state index contributed by atoms with van der Waals surface area (Å²) in [6.45, 7) is 0. The molecule has 2 atom stereocenters. The fraction of sp³-hybridized carbons (Fsp3) is 1.00. The summed E-state index contributed by atoms with van der Waals surface area (Å²) in [7, 11) is 0. The van der Waals surface area contributed by atoms with Crippen LogP contribution in [-0.4, -0.2) is 18.3 Å². The number of hydrogen-bond acceptors (Lipinski definition) is 1. The molecule has 14 heavy (non-hydrogen) atoms. The van der Waals surface area contributed by atoms with Crippen molar-refractivity contribution in [3.8, 4) is 0 Å². The van der Waals surface area contributed by atoms with Gasteiger partial charge in [0.2, 0.25) is 0 Å². The molecular formula is C12H22FN. The van der Waals surface area contributed by atoms with Crippen molar-refractivity contribution < 1.29 is 4.39 Å². The number of nitrogens with one attached hydrogen (secondary N) is 1. The van der Waals surface area contributed by atoms with Gasteiger partial charge in [-0.2, -0.15) is 0 Å². The van der Waals surface area contributed by atoms with E-state index >= 15 is 0 Å². The van der Waals surface area contributed by atoms with E-state index < -0.39 is 6.17 Å². The van der Waals surface area contributed by atoms with Gasteiger partial charge in [0.25, 0.3) is 0 Å². The Bertz CT molecular complexity index is 166. The first kappa shape index (κ1) is 10.4. The first-order chi connectivity index (χ1) is 6.86. The first-order valence-corrected chi connectivity index (χ1v) is 6.26. The monoisotopic (exact) mass is 199 g/mol. The molecule has 1 N–H and O–H groups in total. The van der Waals surface area contributed by atoms with Crippen molar-refractivity contribution in [2.45, 2.75) is 76.0 Å². The minimum atomic E-state index is -0.578. The molecule has 0 saturated heterocycles. The van der Waals surface area contributed by atoms with Gasteiger partial charge in [-0.15, -0.1) is 0 Å². The number of hydrogen-bond donors (Lipinski definition) is 1. The molecule has 0 bridgehead atoms. The van der Waals surface area contributed by atoms with Crippen LogP contribution in [0.1, 0.15) is 57.8 Å². The molecule has 2 rings (SSSR count). The van der Waals surface area contributed by atoms with Gasteiger partial charge < -0.3 is 5.32 Å². The van der Waals surface area contributed by atoms with Gasteiger partial charge >= 0.3 is 0 Å². The van der Waals surface area contributed by atoms with Crippen LogP contribution in [0.5, 0.6) is 0 Å². The Hall–Kier alpha value is -0.110. The summed E-state index contributed by atoms with van der Waals surface area (Å²) in [6, 6.07) is 0.789. The van der Waals surface area contributed by atoms with Crippen LogP contribution in [-0.2, 0) is 0 Å². The van der Waals surface area contributed by atoms with Crippen LogP contribution in [0.2, 0.25) is 0 Å². The van der Waals surface area contributed by atoms with Gasteiger partial charge in [0.15, 0.2) is 0 Å². The predicted octanol–water partition coefficient (Wildman–Crippen LogP) is 3.19. The summed E-state index contributed by atoms with van der Waals surface area (Å²) < 4.78 is 13.5. The van der Waals surface area contributed by atoms with E-state index in [0.29, 0.717) is 6.04 Å². The van der Waals surface area contributed by atoms with Gasteiger partial charge in [0, 0.05) is 12.1 Å². The van der Waals surface area contributed by atoms with Crippen LogP contribution < -0.4 is 5.32 Å². The molecule has 2 aliphatic rings. The Morgan fingerprint density at radius 1 is 0.786 bits per heavy atom. The lowest BCUT2D eigenvalue weighted by atomic mass is 9.90. The number of rotatable bonds is 2. The van der Waals surface area contributed by atoms with Crippen LogP contribution in [0.4, 0.5) is 4.39 Å². The second kappa shape index (κ2) is 5.11. The van der Waals surface area contributed by atoms with E-state index in [1.807, 2.05) is 0 Å². The molecular weight excluding hydrogens is 177 g/mol. The third-order valence-electron chi connectivity index (χ3n) is 3.74. The number of alkyl halides is 1. The fourth-order valence-electron chi connectivity index (χ4n) is 2.85. The standard InChI is InChI=1S/C12H22FN/c13-11-8-4-5-9-12(11)14-10-6-2-1-3-7-10/h10-12,14H,1-9H2/t11-,12-/m0/s1. The van der Waals surface area contributed by atoms with E-state index in [4.69, 9.17) is 0 Å². The summed E-state index contributed by atoms with van der Waals surface area (Å²) >= 11 is 0. The second-order valence-electron chi connectivity index (χ2n) is 4.91. The molecule has 0 aromatic heterocycles. The van der Waals surface area contributed by atoms with Crippen molar-refractivity contribution in [2.75, 3.05) is 0 Å². The van der Waals surface area contributed by atoms with E-state index in [-0.39, 0.29) is 6.04 Å². The summed E-state index contributed by atoms with van der Waals surface area (Å²) in [5, 5.41) is 3.53. The molecule has 2 aliphatic carbocycles. The maximum absolute atomic E-state index is 13.5. The SMILES string of the molecule is F[C@H]1CCCC[C@@H]1NC1CCCCC1. The summed E-state index contributed by atoms with van der Waals surface area (Å²) in [6.07, 6.45) is 10.1. The molecule has 0 aromatic carbocycles. The Morgan fingerprint density at radius 3 is 2.14 bits per heavy atom. The lowest BCUT2D eigenvalue weighted by Gasteiger charge is -2.32. The summed E-state index contributed by atoms with van der Waals surface area (Å²) in [4.78, 5) is 0. The smallest absolute Gasteiger partial charge is 0.115 e. The van der Waals surface area contributed by atoms with Crippen molar-refractivity contribution in [1.82, 2.24) is 5.32 Å². The minimum absolute atomic E-state index is 0.173. The van der Waals surface area contributed by atoms with Crippen LogP contribution in [0.25, 0.3) is 0 Å². The Balaban J connectivity index is 1.76. The van der Waals surface area contributed by atoms with Crippen LogP contribution >= 0.6 is 0 Å². The van der Waals surface area contributed by atoms with Crippen molar-refractivity contribution in [3.63, 3.8) is 0 Å². The van der Waals surface area contributed by atoms with Crippen LogP contribution in [0.3, 0.4) is 0 Å². The lowest BCUT2D eigenvalue weighted by Crippen LogP contribution is -2.46. The number of halogens is 1. The zero-order valence-electron chi connectivity index (χ0n) is 8.97. The van der Waals surface area contributed by atoms with Crippen molar-refractivity contribution in [3.05, 3.63) is 0 Å². The Labute approximate surface area is 86.5 Å². The highest BCUT2D eigenvalue weighted by Crippen LogP contribution is 2.24. The molecule has 0 radical (unpaired) electrons. The van der Waals surface area contributed by atoms with E-state index in [0.717, 1.165) is 19.3 Å². The average Bonchev–Trinajstić information content (AvgIpc) is 2.23. The molecule has 2 fully saturated rings. The molecule has 0 amide bonds. The second-order valence-corrected chi connectivity index (χ2v) is 4.91. The van der Waals surface area contributed by atoms with Crippen LogP contribution in [0.15, 0.2) is 0 Å².